The first-order valence-electron chi connectivity index (χ1n) is 6.26. The van der Waals surface area contributed by atoms with Crippen molar-refractivity contribution in [1.82, 2.24) is 14.5 Å². The number of hydrogen-bond donors (Lipinski definition) is 0. The molecule has 0 atom stereocenters. The summed E-state index contributed by atoms with van der Waals surface area (Å²) in [6, 6.07) is 0. The van der Waals surface area contributed by atoms with Crippen LogP contribution in [0.3, 0.4) is 0 Å². The van der Waals surface area contributed by atoms with Gasteiger partial charge < -0.3 is 15.0 Å². The van der Waals surface area contributed by atoms with E-state index < -0.39 is 4.92 Å². The predicted molar refractivity (Wildman–Crippen MR) is 68.8 cm³/mol. The second-order valence-corrected chi connectivity index (χ2v) is 4.59. The maximum absolute atomic E-state index is 10.9. The average Bonchev–Trinajstić information content (AvgIpc) is 2.73. The van der Waals surface area contributed by atoms with E-state index in [2.05, 4.69) is 21.7 Å². The highest BCUT2D eigenvalue weighted by Gasteiger charge is 2.27. The lowest BCUT2D eigenvalue weighted by molar-refractivity contribution is -0.388. The quantitative estimate of drug-likeness (QED) is 0.588. The van der Waals surface area contributed by atoms with Crippen LogP contribution in [0.15, 0.2) is 6.33 Å². The van der Waals surface area contributed by atoms with Crippen molar-refractivity contribution in [2.45, 2.75) is 13.3 Å². The van der Waals surface area contributed by atoms with Gasteiger partial charge in [0.05, 0.1) is 0 Å². The zero-order chi connectivity index (χ0) is 13.1. The maximum atomic E-state index is 10.9. The van der Waals surface area contributed by atoms with E-state index >= 15 is 0 Å². The van der Waals surface area contributed by atoms with E-state index in [0.717, 1.165) is 39.1 Å². The molecule has 0 N–H and O–H groups in total. The molecule has 1 saturated heterocycles. The number of imidazole rings is 1. The highest BCUT2D eigenvalue weighted by Crippen LogP contribution is 2.26. The lowest BCUT2D eigenvalue weighted by Gasteiger charge is -2.35. The number of aromatic nitrogens is 2. The van der Waals surface area contributed by atoms with Crippen LogP contribution >= 0.6 is 0 Å². The van der Waals surface area contributed by atoms with Gasteiger partial charge in [0.15, 0.2) is 0 Å². The zero-order valence-electron chi connectivity index (χ0n) is 10.9. The van der Waals surface area contributed by atoms with E-state index in [0.29, 0.717) is 5.82 Å². The summed E-state index contributed by atoms with van der Waals surface area (Å²) in [5, 5.41) is 10.9. The minimum atomic E-state index is -0.409. The predicted octanol–water partition coefficient (Wildman–Crippen LogP) is 0.860. The molecule has 0 amide bonds. The molecule has 7 nitrogen and oxygen atoms in total. The van der Waals surface area contributed by atoms with Crippen molar-refractivity contribution < 1.29 is 4.92 Å². The average molecular weight is 253 g/mol. The molecule has 18 heavy (non-hydrogen) atoms. The van der Waals surface area contributed by atoms with E-state index in [-0.39, 0.29) is 5.82 Å². The highest BCUT2D eigenvalue weighted by atomic mass is 16.6. The van der Waals surface area contributed by atoms with Crippen molar-refractivity contribution in [3.63, 3.8) is 0 Å². The minimum Gasteiger partial charge on any atom is -0.358 e. The molecule has 0 aromatic carbocycles. The van der Waals surface area contributed by atoms with Gasteiger partial charge in [0.2, 0.25) is 12.1 Å². The third-order valence-corrected chi connectivity index (χ3v) is 3.27. The number of piperazine rings is 1. The Balaban J connectivity index is 2.09. The molecule has 100 valence electrons. The number of nitro groups is 1. The first-order valence-corrected chi connectivity index (χ1v) is 6.26. The molecule has 1 fully saturated rings. The Morgan fingerprint density at radius 3 is 2.61 bits per heavy atom. The fraction of sp³-hybridized carbons (Fsp3) is 0.727. The number of nitrogens with zero attached hydrogens (tertiary/aromatic N) is 5. The number of aryl methyl sites for hydroxylation is 1. The molecule has 1 aromatic heterocycles. The van der Waals surface area contributed by atoms with Gasteiger partial charge in [-0.15, -0.1) is 0 Å². The minimum absolute atomic E-state index is 0.0403. The Morgan fingerprint density at radius 1 is 1.39 bits per heavy atom. The van der Waals surface area contributed by atoms with Crippen LogP contribution in [0.5, 0.6) is 0 Å². The van der Waals surface area contributed by atoms with Crippen LogP contribution in [0.1, 0.15) is 13.3 Å². The van der Waals surface area contributed by atoms with Gasteiger partial charge in [0, 0.05) is 33.2 Å². The van der Waals surface area contributed by atoms with Crippen LogP contribution in [0.2, 0.25) is 0 Å². The number of hydrogen-bond acceptors (Lipinski definition) is 5. The number of rotatable bonds is 4. The number of anilines is 1. The lowest BCUT2D eigenvalue weighted by atomic mass is 10.3. The largest absolute Gasteiger partial charge is 0.406 e. The topological polar surface area (TPSA) is 67.4 Å². The second-order valence-electron chi connectivity index (χ2n) is 4.59. The van der Waals surface area contributed by atoms with Crippen molar-refractivity contribution in [2.24, 2.45) is 7.05 Å². The monoisotopic (exact) mass is 253 g/mol. The first-order chi connectivity index (χ1) is 8.63. The van der Waals surface area contributed by atoms with Crippen molar-refractivity contribution in [2.75, 3.05) is 37.6 Å². The van der Waals surface area contributed by atoms with Gasteiger partial charge in [-0.25, -0.2) is 0 Å². The van der Waals surface area contributed by atoms with Gasteiger partial charge in [-0.3, -0.25) is 9.47 Å². The van der Waals surface area contributed by atoms with E-state index in [1.165, 1.54) is 6.33 Å². The Bertz CT molecular complexity index is 423. The van der Waals surface area contributed by atoms with Gasteiger partial charge in [0.25, 0.3) is 0 Å². The molecule has 0 spiro atoms. The lowest BCUT2D eigenvalue weighted by Crippen LogP contribution is -2.47. The fourth-order valence-electron chi connectivity index (χ4n) is 2.40. The summed E-state index contributed by atoms with van der Waals surface area (Å²) >= 11 is 0. The summed E-state index contributed by atoms with van der Waals surface area (Å²) in [5.41, 5.74) is 0. The standard InChI is InChI=1S/C11H19N5O2/c1-3-4-14-5-7-15(8-6-14)11-10(16(17)18)12-9-13(11)2/h9H,3-8H2,1-2H3. The fourth-order valence-corrected chi connectivity index (χ4v) is 2.40. The Hall–Kier alpha value is -1.63. The SMILES string of the molecule is CCCN1CCN(c2c([N+](=O)[O-])ncn2C)CC1. The highest BCUT2D eigenvalue weighted by molar-refractivity contribution is 5.54. The van der Waals surface area contributed by atoms with Crippen LogP contribution in [-0.4, -0.2) is 52.1 Å². The van der Waals surface area contributed by atoms with Crippen molar-refractivity contribution in [3.8, 4) is 0 Å². The molecule has 0 radical (unpaired) electrons. The van der Waals surface area contributed by atoms with Crippen molar-refractivity contribution >= 4 is 11.6 Å². The molecule has 0 unspecified atom stereocenters. The Kier molecular flexibility index (Phi) is 3.81. The summed E-state index contributed by atoms with van der Waals surface area (Å²) in [7, 11) is 1.80. The van der Waals surface area contributed by atoms with Crippen LogP contribution in [0.25, 0.3) is 0 Å². The summed E-state index contributed by atoms with van der Waals surface area (Å²) in [6.07, 6.45) is 2.65. The normalized spacial score (nSPS) is 17.1. The van der Waals surface area contributed by atoms with E-state index in [1.807, 2.05) is 0 Å². The molecule has 0 bridgehead atoms. The van der Waals surface area contributed by atoms with Crippen LogP contribution in [0, 0.1) is 10.1 Å². The van der Waals surface area contributed by atoms with E-state index in [9.17, 15) is 10.1 Å². The van der Waals surface area contributed by atoms with Gasteiger partial charge in [-0.2, -0.15) is 0 Å². The van der Waals surface area contributed by atoms with Crippen LogP contribution < -0.4 is 4.90 Å². The Labute approximate surface area is 106 Å². The summed E-state index contributed by atoms with van der Waals surface area (Å²) in [4.78, 5) is 18.8. The molecule has 1 aliphatic rings. The molecule has 2 rings (SSSR count). The Morgan fingerprint density at radius 2 is 2.06 bits per heavy atom. The van der Waals surface area contributed by atoms with Crippen molar-refractivity contribution in [1.29, 1.82) is 0 Å². The molecular formula is C11H19N5O2. The van der Waals surface area contributed by atoms with E-state index in [1.54, 1.807) is 11.6 Å². The third kappa shape index (κ3) is 2.45. The van der Waals surface area contributed by atoms with Crippen LogP contribution in [-0.2, 0) is 7.05 Å². The van der Waals surface area contributed by atoms with Gasteiger partial charge >= 0.3 is 5.82 Å². The maximum Gasteiger partial charge on any atom is 0.406 e. The van der Waals surface area contributed by atoms with Gasteiger partial charge in [-0.1, -0.05) is 6.92 Å². The van der Waals surface area contributed by atoms with E-state index in [4.69, 9.17) is 0 Å². The molecule has 0 saturated carbocycles. The third-order valence-electron chi connectivity index (χ3n) is 3.27. The summed E-state index contributed by atoms with van der Waals surface area (Å²) in [6.45, 7) is 6.81. The smallest absolute Gasteiger partial charge is 0.358 e. The molecule has 1 aromatic rings. The molecule has 0 aliphatic carbocycles. The zero-order valence-corrected chi connectivity index (χ0v) is 10.9. The van der Waals surface area contributed by atoms with Crippen molar-refractivity contribution in [3.05, 3.63) is 16.4 Å². The molecule has 1 aliphatic heterocycles. The second kappa shape index (κ2) is 5.34. The van der Waals surface area contributed by atoms with Gasteiger partial charge in [-0.05, 0) is 22.9 Å². The van der Waals surface area contributed by atoms with Gasteiger partial charge in [0.1, 0.15) is 0 Å². The molecule has 7 heteroatoms. The molecule has 2 heterocycles. The summed E-state index contributed by atoms with van der Waals surface area (Å²) in [5.74, 6) is 0.581. The van der Waals surface area contributed by atoms with Crippen LogP contribution in [0.4, 0.5) is 11.6 Å². The first kappa shape index (κ1) is 12.8. The molecular weight excluding hydrogens is 234 g/mol. The summed E-state index contributed by atoms with van der Waals surface area (Å²) < 4.78 is 1.73.